The first-order valence-corrected chi connectivity index (χ1v) is 21.4. The number of benzene rings is 1. The maximum atomic E-state index is 14.5. The highest BCUT2D eigenvalue weighted by atomic mass is 32.2. The summed E-state index contributed by atoms with van der Waals surface area (Å²) in [5.74, 6) is -3.21. The lowest BCUT2D eigenvalue weighted by molar-refractivity contribution is -0.144. The highest BCUT2D eigenvalue weighted by Crippen LogP contribution is 2.65. The van der Waals surface area contributed by atoms with E-state index in [1.807, 2.05) is 13.8 Å². The third-order valence-corrected chi connectivity index (χ3v) is 15.3. The van der Waals surface area contributed by atoms with Crippen LogP contribution in [-0.2, 0) is 39.2 Å². The van der Waals surface area contributed by atoms with Crippen LogP contribution in [0.25, 0.3) is 0 Å². The second kappa shape index (κ2) is 13.9. The van der Waals surface area contributed by atoms with Gasteiger partial charge in [-0.3, -0.25) is 19.2 Å². The maximum absolute atomic E-state index is 14.5. The van der Waals surface area contributed by atoms with Gasteiger partial charge < -0.3 is 20.9 Å². The van der Waals surface area contributed by atoms with Crippen LogP contribution in [0.15, 0.2) is 56.9 Å². The van der Waals surface area contributed by atoms with E-state index in [1.165, 1.54) is 35.2 Å². The van der Waals surface area contributed by atoms with Crippen molar-refractivity contribution in [2.75, 3.05) is 13.6 Å². The molecule has 54 heavy (non-hydrogen) atoms. The molecule has 1 unspecified atom stereocenters. The van der Waals surface area contributed by atoms with Crippen molar-refractivity contribution in [2.24, 2.45) is 28.1 Å². The van der Waals surface area contributed by atoms with Gasteiger partial charge in [0, 0.05) is 13.6 Å². The molecule has 6 amide bonds. The summed E-state index contributed by atoms with van der Waals surface area (Å²) in [7, 11) is -7.27. The van der Waals surface area contributed by atoms with E-state index in [2.05, 4.69) is 20.7 Å². The molecule has 296 valence electrons. The van der Waals surface area contributed by atoms with Crippen LogP contribution in [0.4, 0.5) is 4.79 Å². The summed E-state index contributed by atoms with van der Waals surface area (Å²) in [4.78, 5) is 70.5. The molecule has 4 N–H and O–H groups in total. The van der Waals surface area contributed by atoms with Gasteiger partial charge in [0.15, 0.2) is 0 Å². The quantitative estimate of drug-likeness (QED) is 0.263. The highest BCUT2D eigenvalue weighted by Gasteiger charge is 2.70. The van der Waals surface area contributed by atoms with Gasteiger partial charge in [0.05, 0.1) is 4.90 Å². The molecule has 1 aromatic heterocycles. The number of carbonyl (C=O) groups excluding carboxylic acids is 5. The lowest BCUT2D eigenvalue weighted by atomic mass is 9.84. The average molecular weight is 807 g/mol. The largest absolute Gasteiger partial charge is 0.340 e. The van der Waals surface area contributed by atoms with Crippen LogP contribution in [0.1, 0.15) is 68.2 Å². The molecule has 2 saturated carbocycles. The first kappa shape index (κ1) is 41.1. The number of nitrogens with one attached hydrogen (secondary N) is 4. The molecular formula is C36H50N6O9S3. The Hall–Kier alpha value is -4.03. The Kier molecular flexibility index (Phi) is 10.6. The molecule has 5 rings (SSSR count). The lowest BCUT2D eigenvalue weighted by Gasteiger charge is -2.38. The van der Waals surface area contributed by atoms with E-state index in [0.717, 1.165) is 18.4 Å². The van der Waals surface area contributed by atoms with Crippen LogP contribution in [0, 0.1) is 28.1 Å². The standard InChI is InChI=1S/C36H50N6O9S3/c1-33(2,3)26(29(44)41(9)54(50,51)23-16-13-19-52-23)37-32(47)38-27(34(4,5)6)30(45)42-20-22-24(35(22,7)8)25(42)28(43)39-36(17-18-36)31(46)40-53(48,49)21-14-11-10-12-15-21/h10-16,19,22,24-27H,17-18,20H2,1-9H3,(H,39,43)(H,40,46)(H2,37,38,47)/t22-,24?,25-,26+,27+/m0/s1. The molecule has 3 fully saturated rings. The maximum Gasteiger partial charge on any atom is 0.316 e. The lowest BCUT2D eigenvalue weighted by Crippen LogP contribution is -2.63. The molecule has 2 aliphatic carbocycles. The third kappa shape index (κ3) is 7.87. The summed E-state index contributed by atoms with van der Waals surface area (Å²) in [6, 6.07) is 5.89. The van der Waals surface area contributed by atoms with Gasteiger partial charge in [-0.1, -0.05) is 79.7 Å². The van der Waals surface area contributed by atoms with Gasteiger partial charge in [-0.2, -0.15) is 0 Å². The molecule has 1 aromatic carbocycles. The second-order valence-corrected chi connectivity index (χ2v) is 22.0. The summed E-state index contributed by atoms with van der Waals surface area (Å²) in [6.07, 6.45) is 0.410. The number of piperidine rings is 1. The van der Waals surface area contributed by atoms with Crippen molar-refractivity contribution >= 4 is 61.0 Å². The average Bonchev–Trinajstić information content (AvgIpc) is 3.70. The molecular weight excluding hydrogens is 757 g/mol. The Morgan fingerprint density at radius 2 is 1.44 bits per heavy atom. The number of nitrogens with zero attached hydrogens (tertiary/aromatic N) is 2. The van der Waals surface area contributed by atoms with Crippen molar-refractivity contribution in [3.63, 3.8) is 0 Å². The Bertz CT molecular complexity index is 2030. The van der Waals surface area contributed by atoms with E-state index in [1.54, 1.807) is 59.1 Å². The normalized spacial score (nSPS) is 22.5. The van der Waals surface area contributed by atoms with E-state index < -0.39 is 84.2 Å². The van der Waals surface area contributed by atoms with Gasteiger partial charge in [0.1, 0.15) is 27.9 Å². The fourth-order valence-corrected chi connectivity index (χ4v) is 10.5. The van der Waals surface area contributed by atoms with Gasteiger partial charge in [-0.15, -0.1) is 11.3 Å². The van der Waals surface area contributed by atoms with Gasteiger partial charge >= 0.3 is 6.03 Å². The summed E-state index contributed by atoms with van der Waals surface area (Å²) in [5, 5.41) is 9.65. The zero-order valence-electron chi connectivity index (χ0n) is 31.9. The minimum Gasteiger partial charge on any atom is -0.340 e. The third-order valence-electron chi connectivity index (χ3n) is 10.8. The fourth-order valence-electron chi connectivity index (χ4n) is 7.15. The molecule has 3 aliphatic rings. The number of rotatable bonds is 11. The molecule has 5 atom stereocenters. The zero-order chi connectivity index (χ0) is 40.4. The van der Waals surface area contributed by atoms with Gasteiger partial charge in [0.25, 0.3) is 31.9 Å². The first-order valence-electron chi connectivity index (χ1n) is 17.6. The number of amides is 6. The number of fused-ring (bicyclic) bond motifs is 1. The van der Waals surface area contributed by atoms with E-state index in [9.17, 15) is 40.8 Å². The second-order valence-electron chi connectivity index (χ2n) is 17.2. The van der Waals surface area contributed by atoms with Crippen LogP contribution < -0.4 is 20.7 Å². The van der Waals surface area contributed by atoms with Crippen molar-refractivity contribution in [3.05, 3.63) is 47.8 Å². The van der Waals surface area contributed by atoms with Crippen LogP contribution in [0.2, 0.25) is 0 Å². The van der Waals surface area contributed by atoms with E-state index in [-0.39, 0.29) is 45.7 Å². The molecule has 2 heterocycles. The molecule has 1 aliphatic heterocycles. The van der Waals surface area contributed by atoms with Crippen molar-refractivity contribution in [1.29, 1.82) is 0 Å². The van der Waals surface area contributed by atoms with Crippen LogP contribution in [-0.4, -0.2) is 93.0 Å². The monoisotopic (exact) mass is 806 g/mol. The summed E-state index contributed by atoms with van der Waals surface area (Å²) >= 11 is 0.953. The van der Waals surface area contributed by atoms with Crippen LogP contribution >= 0.6 is 11.3 Å². The predicted molar refractivity (Wildman–Crippen MR) is 201 cm³/mol. The number of urea groups is 1. The Labute approximate surface area is 321 Å². The molecule has 18 heteroatoms. The van der Waals surface area contributed by atoms with Crippen molar-refractivity contribution < 1.29 is 40.8 Å². The Morgan fingerprint density at radius 1 is 0.870 bits per heavy atom. The zero-order valence-corrected chi connectivity index (χ0v) is 34.4. The Morgan fingerprint density at radius 3 is 1.96 bits per heavy atom. The summed E-state index contributed by atoms with van der Waals surface area (Å²) in [6.45, 7) is 14.4. The Balaban J connectivity index is 1.33. The number of likely N-dealkylation sites (N-methyl/N-ethyl adjacent to an activating group) is 1. The number of hydrogen-bond donors (Lipinski definition) is 4. The van der Waals surface area contributed by atoms with Crippen LogP contribution in [0.3, 0.4) is 0 Å². The van der Waals surface area contributed by atoms with Gasteiger partial charge in [0.2, 0.25) is 11.8 Å². The summed E-state index contributed by atoms with van der Waals surface area (Å²) in [5.41, 5.74) is -3.62. The smallest absolute Gasteiger partial charge is 0.316 e. The van der Waals surface area contributed by atoms with Gasteiger partial charge in [-0.25, -0.2) is 30.7 Å². The van der Waals surface area contributed by atoms with Gasteiger partial charge in [-0.05, 0) is 64.5 Å². The number of thiophene rings is 1. The molecule has 15 nitrogen and oxygen atoms in total. The predicted octanol–water partition coefficient (Wildman–Crippen LogP) is 2.66. The van der Waals surface area contributed by atoms with E-state index in [4.69, 9.17) is 0 Å². The molecule has 0 radical (unpaired) electrons. The van der Waals surface area contributed by atoms with E-state index in [0.29, 0.717) is 4.31 Å². The van der Waals surface area contributed by atoms with Crippen LogP contribution in [0.5, 0.6) is 0 Å². The molecule has 0 spiro atoms. The molecule has 2 aromatic rings. The molecule has 1 saturated heterocycles. The highest BCUT2D eigenvalue weighted by molar-refractivity contribution is 7.91. The van der Waals surface area contributed by atoms with E-state index >= 15 is 0 Å². The van der Waals surface area contributed by atoms with Crippen molar-refractivity contribution in [1.82, 2.24) is 29.9 Å². The summed E-state index contributed by atoms with van der Waals surface area (Å²) < 4.78 is 54.8. The fraction of sp³-hybridized carbons (Fsp3) is 0.583. The number of carbonyl (C=O) groups is 5. The number of sulfonamides is 2. The molecule has 0 bridgehead atoms. The van der Waals surface area contributed by atoms with Crippen molar-refractivity contribution in [2.45, 2.75) is 101 Å². The van der Waals surface area contributed by atoms with Crippen molar-refractivity contribution in [3.8, 4) is 0 Å². The number of likely N-dealkylation sites (tertiary alicyclic amines) is 1. The minimum absolute atomic E-state index is 0.0373. The number of hydrogen-bond acceptors (Lipinski definition) is 10. The topological polar surface area (TPSA) is 208 Å². The SMILES string of the molecule is CN(C(=O)[C@@H](NC(=O)N[C@H](C(=O)N1C[C@H]2C([C@H]1C(=O)NC1(C(=O)NS(=O)(=O)c3ccccc3)CC1)C2(C)C)C(C)(C)C)C(C)(C)C)S(=O)(=O)c1cccs1. The first-order chi connectivity index (χ1) is 24.8. The minimum atomic E-state index is -4.20.